The third-order valence-corrected chi connectivity index (χ3v) is 4.44. The number of nitrogens with one attached hydrogen (secondary N) is 1. The standard InChI is InChI=1S/C13H24N2O/c1-4-13(3)12(16)15(10(2)14-13)9-8-11-6-5-7-11/h10-11,14H,4-9H2,1-3H3. The fraction of sp³-hybridized carbons (Fsp3) is 0.923. The Morgan fingerprint density at radius 1 is 1.50 bits per heavy atom. The van der Waals surface area contributed by atoms with E-state index < -0.39 is 0 Å². The number of nitrogens with zero attached hydrogens (tertiary/aromatic N) is 1. The predicted octanol–water partition coefficient (Wildman–Crippen LogP) is 2.12. The topological polar surface area (TPSA) is 32.3 Å². The van der Waals surface area contributed by atoms with Gasteiger partial charge < -0.3 is 4.90 Å². The summed E-state index contributed by atoms with van der Waals surface area (Å²) >= 11 is 0. The van der Waals surface area contributed by atoms with Crippen molar-refractivity contribution in [2.24, 2.45) is 5.92 Å². The molecule has 0 aromatic carbocycles. The molecule has 0 aromatic rings. The van der Waals surface area contributed by atoms with Crippen molar-refractivity contribution in [1.82, 2.24) is 10.2 Å². The summed E-state index contributed by atoms with van der Waals surface area (Å²) < 4.78 is 0. The van der Waals surface area contributed by atoms with E-state index in [-0.39, 0.29) is 11.7 Å². The second-order valence-electron chi connectivity index (χ2n) is 5.59. The van der Waals surface area contributed by atoms with Crippen molar-refractivity contribution in [1.29, 1.82) is 0 Å². The number of carbonyl (C=O) groups is 1. The first-order chi connectivity index (χ1) is 7.57. The smallest absolute Gasteiger partial charge is 0.243 e. The normalized spacial score (nSPS) is 35.6. The van der Waals surface area contributed by atoms with Crippen molar-refractivity contribution in [2.45, 2.75) is 64.6 Å². The summed E-state index contributed by atoms with van der Waals surface area (Å²) in [6.07, 6.45) is 6.40. The average molecular weight is 224 g/mol. The lowest BCUT2D eigenvalue weighted by Crippen LogP contribution is -2.43. The third-order valence-electron chi connectivity index (χ3n) is 4.44. The van der Waals surface area contributed by atoms with Crippen LogP contribution in [0.15, 0.2) is 0 Å². The molecule has 0 bridgehead atoms. The second kappa shape index (κ2) is 4.36. The zero-order chi connectivity index (χ0) is 11.8. The van der Waals surface area contributed by atoms with Gasteiger partial charge >= 0.3 is 0 Å². The lowest BCUT2D eigenvalue weighted by Gasteiger charge is -2.29. The van der Waals surface area contributed by atoms with Crippen molar-refractivity contribution in [2.75, 3.05) is 6.54 Å². The van der Waals surface area contributed by atoms with Crippen molar-refractivity contribution >= 4 is 5.91 Å². The summed E-state index contributed by atoms with van der Waals surface area (Å²) in [5.74, 6) is 1.18. The molecule has 1 amide bonds. The van der Waals surface area contributed by atoms with Gasteiger partial charge in [0.2, 0.25) is 5.91 Å². The zero-order valence-corrected chi connectivity index (χ0v) is 10.8. The Labute approximate surface area is 98.6 Å². The molecule has 1 saturated carbocycles. The van der Waals surface area contributed by atoms with Gasteiger partial charge in [-0.05, 0) is 32.6 Å². The Bertz CT molecular complexity index is 275. The van der Waals surface area contributed by atoms with Gasteiger partial charge in [0.15, 0.2) is 0 Å². The summed E-state index contributed by atoms with van der Waals surface area (Å²) in [6, 6.07) is 0. The molecule has 1 heterocycles. The molecule has 1 saturated heterocycles. The zero-order valence-electron chi connectivity index (χ0n) is 10.8. The van der Waals surface area contributed by atoms with Gasteiger partial charge in [0, 0.05) is 6.54 Å². The molecular formula is C13H24N2O. The van der Waals surface area contributed by atoms with Crippen LogP contribution >= 0.6 is 0 Å². The highest BCUT2D eigenvalue weighted by Gasteiger charge is 2.44. The number of hydrogen-bond donors (Lipinski definition) is 1. The quantitative estimate of drug-likeness (QED) is 0.793. The summed E-state index contributed by atoms with van der Waals surface area (Å²) in [4.78, 5) is 14.3. The first-order valence-electron chi connectivity index (χ1n) is 6.65. The molecular weight excluding hydrogens is 200 g/mol. The SMILES string of the molecule is CCC1(C)NC(C)N(CCC2CCC2)C1=O. The molecule has 3 heteroatoms. The van der Waals surface area contributed by atoms with Gasteiger partial charge in [-0.15, -0.1) is 0 Å². The van der Waals surface area contributed by atoms with E-state index in [1.807, 2.05) is 11.8 Å². The molecule has 3 nitrogen and oxygen atoms in total. The van der Waals surface area contributed by atoms with Crippen molar-refractivity contribution in [3.63, 3.8) is 0 Å². The van der Waals surface area contributed by atoms with Gasteiger partial charge in [-0.3, -0.25) is 10.1 Å². The number of rotatable bonds is 4. The molecule has 1 aliphatic heterocycles. The summed E-state index contributed by atoms with van der Waals surface area (Å²) in [7, 11) is 0. The van der Waals surface area contributed by atoms with Gasteiger partial charge in [-0.25, -0.2) is 0 Å². The fourth-order valence-electron chi connectivity index (χ4n) is 2.75. The highest BCUT2D eigenvalue weighted by Crippen LogP contribution is 2.31. The average Bonchev–Trinajstić information content (AvgIpc) is 2.40. The highest BCUT2D eigenvalue weighted by molar-refractivity contribution is 5.88. The van der Waals surface area contributed by atoms with Gasteiger partial charge in [-0.1, -0.05) is 26.2 Å². The maximum Gasteiger partial charge on any atom is 0.243 e. The molecule has 0 spiro atoms. The van der Waals surface area contributed by atoms with Gasteiger partial charge in [0.05, 0.1) is 11.7 Å². The van der Waals surface area contributed by atoms with Crippen LogP contribution in [0.1, 0.15) is 52.9 Å². The lowest BCUT2D eigenvalue weighted by molar-refractivity contribution is -0.133. The van der Waals surface area contributed by atoms with Crippen LogP contribution in [0.3, 0.4) is 0 Å². The van der Waals surface area contributed by atoms with Crippen LogP contribution in [-0.2, 0) is 4.79 Å². The molecule has 0 radical (unpaired) electrons. The minimum atomic E-state index is -0.320. The number of carbonyl (C=O) groups excluding carboxylic acids is 1. The maximum atomic E-state index is 12.3. The molecule has 2 atom stereocenters. The van der Waals surface area contributed by atoms with Crippen molar-refractivity contribution in [3.05, 3.63) is 0 Å². The Kier molecular flexibility index (Phi) is 3.24. The predicted molar refractivity (Wildman–Crippen MR) is 65.0 cm³/mol. The summed E-state index contributed by atoms with van der Waals surface area (Å²) in [6.45, 7) is 7.13. The first-order valence-corrected chi connectivity index (χ1v) is 6.65. The minimum Gasteiger partial charge on any atom is -0.326 e. The number of amides is 1. The fourth-order valence-corrected chi connectivity index (χ4v) is 2.75. The Morgan fingerprint density at radius 2 is 2.19 bits per heavy atom. The van der Waals surface area contributed by atoms with Crippen LogP contribution in [0, 0.1) is 5.92 Å². The monoisotopic (exact) mass is 224 g/mol. The second-order valence-corrected chi connectivity index (χ2v) is 5.59. The molecule has 16 heavy (non-hydrogen) atoms. The molecule has 1 N–H and O–H groups in total. The molecule has 92 valence electrons. The van der Waals surface area contributed by atoms with E-state index in [2.05, 4.69) is 19.2 Å². The van der Waals surface area contributed by atoms with Crippen LogP contribution in [0.5, 0.6) is 0 Å². The molecule has 2 aliphatic rings. The maximum absolute atomic E-state index is 12.3. The molecule has 0 aromatic heterocycles. The highest BCUT2D eigenvalue weighted by atomic mass is 16.2. The van der Waals surface area contributed by atoms with E-state index in [4.69, 9.17) is 0 Å². The minimum absolute atomic E-state index is 0.206. The lowest BCUT2D eigenvalue weighted by atomic mass is 9.83. The van der Waals surface area contributed by atoms with Crippen LogP contribution in [0.2, 0.25) is 0 Å². The molecule has 2 unspecified atom stereocenters. The molecule has 2 fully saturated rings. The van der Waals surface area contributed by atoms with E-state index in [0.29, 0.717) is 5.91 Å². The molecule has 2 rings (SSSR count). The Balaban J connectivity index is 1.91. The van der Waals surface area contributed by atoms with Gasteiger partial charge in [-0.2, -0.15) is 0 Å². The van der Waals surface area contributed by atoms with Crippen LogP contribution in [0.4, 0.5) is 0 Å². The van der Waals surface area contributed by atoms with Crippen LogP contribution in [-0.4, -0.2) is 29.1 Å². The van der Waals surface area contributed by atoms with E-state index in [1.165, 1.54) is 25.7 Å². The summed E-state index contributed by atoms with van der Waals surface area (Å²) in [5.41, 5.74) is -0.320. The largest absolute Gasteiger partial charge is 0.326 e. The Hall–Kier alpha value is -0.570. The van der Waals surface area contributed by atoms with Crippen LogP contribution < -0.4 is 5.32 Å². The molecule has 1 aliphatic carbocycles. The number of hydrogen-bond acceptors (Lipinski definition) is 2. The van der Waals surface area contributed by atoms with Crippen LogP contribution in [0.25, 0.3) is 0 Å². The van der Waals surface area contributed by atoms with Crippen molar-refractivity contribution < 1.29 is 4.79 Å². The van der Waals surface area contributed by atoms with Gasteiger partial charge in [0.25, 0.3) is 0 Å². The van der Waals surface area contributed by atoms with E-state index in [0.717, 1.165) is 18.9 Å². The van der Waals surface area contributed by atoms with Crippen molar-refractivity contribution in [3.8, 4) is 0 Å². The van der Waals surface area contributed by atoms with Gasteiger partial charge in [0.1, 0.15) is 0 Å². The van der Waals surface area contributed by atoms with E-state index in [9.17, 15) is 4.79 Å². The van der Waals surface area contributed by atoms with E-state index in [1.54, 1.807) is 0 Å². The first kappa shape index (κ1) is 11.9. The summed E-state index contributed by atoms with van der Waals surface area (Å²) in [5, 5.41) is 3.42. The Morgan fingerprint density at radius 3 is 2.62 bits per heavy atom. The third kappa shape index (κ3) is 1.97. The van der Waals surface area contributed by atoms with E-state index >= 15 is 0 Å².